The fraction of sp³-hybridized carbons (Fsp3) is 0. The Labute approximate surface area is 300 Å². The fourth-order valence-electron chi connectivity index (χ4n) is 8.16. The summed E-state index contributed by atoms with van der Waals surface area (Å²) in [7, 11) is 0. The molecule has 0 unspecified atom stereocenters. The maximum Gasteiger partial charge on any atom is 0.0636 e. The highest BCUT2D eigenvalue weighted by Crippen LogP contribution is 2.46. The molecule has 50 heavy (non-hydrogen) atoms. The summed E-state index contributed by atoms with van der Waals surface area (Å²) in [5.41, 5.74) is 2.96. The number of hydrogen-bond donors (Lipinski definition) is 0. The average molecular weight is 638 g/mol. The minimum absolute atomic E-state index is 0.0148. The van der Waals surface area contributed by atoms with Crippen molar-refractivity contribution >= 4 is 64.6 Å². The van der Waals surface area contributed by atoms with Crippen molar-refractivity contribution in [3.05, 3.63) is 182 Å². The monoisotopic (exact) mass is 637 g/mol. The molecule has 11 aromatic rings. The molecule has 0 heteroatoms. The van der Waals surface area contributed by atoms with Crippen LogP contribution in [-0.4, -0.2) is 0 Å². The van der Waals surface area contributed by atoms with Gasteiger partial charge in [0.25, 0.3) is 0 Å². The maximum atomic E-state index is 10.1. The van der Waals surface area contributed by atoms with Gasteiger partial charge in [-0.3, -0.25) is 0 Å². The van der Waals surface area contributed by atoms with E-state index in [1.54, 1.807) is 0 Å². The molecule has 0 heterocycles. The number of rotatable bonds is 4. The molecule has 0 fully saturated rings. The quantitative estimate of drug-likeness (QED) is 0.168. The molecular formula is C50H30. The van der Waals surface area contributed by atoms with E-state index in [1.807, 2.05) is 84.9 Å². The SMILES string of the molecule is [2H]c1c([2H])c([2H])c(-c2ccc3ccc4cccc5ccc2c3c45)c(-c2c([2H])c([2H])c(-c3ccc4ccc5cccc6ccc3c4c56)c([2H])c2-c2ccccc2)c1[2H]. The van der Waals surface area contributed by atoms with Crippen molar-refractivity contribution in [2.24, 2.45) is 0 Å². The van der Waals surface area contributed by atoms with Crippen LogP contribution in [0.5, 0.6) is 0 Å². The van der Waals surface area contributed by atoms with E-state index in [9.17, 15) is 6.85 Å². The molecule has 0 aliphatic carbocycles. The lowest BCUT2D eigenvalue weighted by atomic mass is 9.84. The first-order chi connectivity index (χ1) is 27.7. The second-order valence-electron chi connectivity index (χ2n) is 13.1. The normalized spacial score (nSPS) is 14.0. The van der Waals surface area contributed by atoms with Crippen LogP contribution in [0.15, 0.2) is 182 Å². The molecule has 0 aliphatic heterocycles. The van der Waals surface area contributed by atoms with Gasteiger partial charge in [-0.2, -0.15) is 0 Å². The van der Waals surface area contributed by atoms with Crippen molar-refractivity contribution in [2.45, 2.75) is 0 Å². The van der Waals surface area contributed by atoms with Gasteiger partial charge in [0.2, 0.25) is 0 Å². The molecule has 0 atom stereocenters. The molecule has 0 spiro atoms. The van der Waals surface area contributed by atoms with Gasteiger partial charge in [-0.15, -0.1) is 0 Å². The molecule has 0 bridgehead atoms. The molecule has 0 amide bonds. The fourth-order valence-corrected chi connectivity index (χ4v) is 8.16. The summed E-state index contributed by atoms with van der Waals surface area (Å²) in [6, 6.07) is 44.3. The summed E-state index contributed by atoms with van der Waals surface area (Å²) in [4.78, 5) is 0. The maximum absolute atomic E-state index is 10.1. The van der Waals surface area contributed by atoms with Crippen LogP contribution in [0, 0.1) is 0 Å². The molecule has 11 aromatic carbocycles. The van der Waals surface area contributed by atoms with Gasteiger partial charge in [0.1, 0.15) is 0 Å². The van der Waals surface area contributed by atoms with E-state index >= 15 is 0 Å². The predicted molar refractivity (Wildman–Crippen MR) is 216 cm³/mol. The van der Waals surface area contributed by atoms with Crippen LogP contribution in [0.3, 0.4) is 0 Å². The van der Waals surface area contributed by atoms with E-state index < -0.39 is 6.04 Å². The van der Waals surface area contributed by atoms with E-state index in [0.29, 0.717) is 27.8 Å². The Bertz CT molecular complexity index is 3450. The predicted octanol–water partition coefficient (Wildman–Crippen LogP) is 14.1. The lowest BCUT2D eigenvalue weighted by Gasteiger charge is -2.19. The van der Waals surface area contributed by atoms with Crippen molar-refractivity contribution in [3.8, 4) is 44.5 Å². The van der Waals surface area contributed by atoms with E-state index in [-0.39, 0.29) is 52.9 Å². The first-order valence-electron chi connectivity index (χ1n) is 20.4. The van der Waals surface area contributed by atoms with Gasteiger partial charge in [-0.1, -0.05) is 176 Å². The van der Waals surface area contributed by atoms with Gasteiger partial charge in [-0.25, -0.2) is 0 Å². The molecule has 0 saturated carbocycles. The molecule has 0 aromatic heterocycles. The van der Waals surface area contributed by atoms with Crippen molar-refractivity contribution in [1.82, 2.24) is 0 Å². The largest absolute Gasteiger partial charge is 0.0636 e. The average Bonchev–Trinajstić information content (AvgIpc) is 3.24. The van der Waals surface area contributed by atoms with Crippen molar-refractivity contribution in [1.29, 1.82) is 0 Å². The first-order valence-corrected chi connectivity index (χ1v) is 16.9. The topological polar surface area (TPSA) is 0 Å². The summed E-state index contributed by atoms with van der Waals surface area (Å²) >= 11 is 0. The third-order valence-electron chi connectivity index (χ3n) is 10.4. The zero-order valence-corrected chi connectivity index (χ0v) is 26.8. The summed E-state index contributed by atoms with van der Waals surface area (Å²) in [5, 5.41) is 12.3. The Balaban J connectivity index is 1.28. The Hall–Kier alpha value is -6.50. The zero-order valence-electron chi connectivity index (χ0n) is 33.8. The summed E-state index contributed by atoms with van der Waals surface area (Å²) in [5.74, 6) is 0. The van der Waals surface area contributed by atoms with E-state index in [0.717, 1.165) is 64.6 Å². The van der Waals surface area contributed by atoms with Crippen LogP contribution >= 0.6 is 0 Å². The Kier molecular flexibility index (Phi) is 4.51. The summed E-state index contributed by atoms with van der Waals surface area (Å²) < 4.78 is 66.5. The van der Waals surface area contributed by atoms with E-state index in [1.165, 1.54) is 0 Å². The standard InChI is InChI=1S/C50H30/c1-2-8-31(9-3-1)46-30-38(39-25-20-36-18-16-32-10-6-12-34-22-28-44(39)49(36)47(32)34)24-27-43(46)41-15-5-4-14-40(41)42-26-21-37-19-17-33-11-7-13-35-23-29-45(42)50(37)48(33)35/h1-30H/i4D,5D,14D,15D,24D,27D,30D. The highest BCUT2D eigenvalue weighted by Gasteiger charge is 2.19. The third kappa shape index (κ3) is 3.94. The summed E-state index contributed by atoms with van der Waals surface area (Å²) in [6.07, 6.45) is 0. The first kappa shape index (κ1) is 21.5. The Morgan fingerprint density at radius 3 is 1.34 bits per heavy atom. The zero-order chi connectivity index (χ0) is 38.9. The van der Waals surface area contributed by atoms with Crippen molar-refractivity contribution < 1.29 is 9.60 Å². The lowest BCUT2D eigenvalue weighted by molar-refractivity contribution is 1.57. The second-order valence-corrected chi connectivity index (χ2v) is 13.1. The molecule has 0 saturated heterocycles. The Morgan fingerprint density at radius 2 is 0.740 bits per heavy atom. The van der Waals surface area contributed by atoms with Gasteiger partial charge < -0.3 is 0 Å². The van der Waals surface area contributed by atoms with Crippen LogP contribution in [0.2, 0.25) is 0 Å². The molecular weight excluding hydrogens is 601 g/mol. The second kappa shape index (κ2) is 10.5. The lowest BCUT2D eigenvalue weighted by Crippen LogP contribution is -1.93. The highest BCUT2D eigenvalue weighted by atomic mass is 14.2. The van der Waals surface area contributed by atoms with E-state index in [4.69, 9.17) is 2.74 Å². The van der Waals surface area contributed by atoms with Crippen molar-refractivity contribution in [3.63, 3.8) is 0 Å². The van der Waals surface area contributed by atoms with Crippen LogP contribution in [0.4, 0.5) is 0 Å². The van der Waals surface area contributed by atoms with Crippen LogP contribution in [-0.2, 0) is 0 Å². The molecule has 0 aliphatic rings. The van der Waals surface area contributed by atoms with Crippen LogP contribution < -0.4 is 0 Å². The number of benzene rings is 11. The molecule has 0 radical (unpaired) electrons. The number of hydrogen-bond acceptors (Lipinski definition) is 0. The smallest absolute Gasteiger partial charge is 0.0622 e. The van der Waals surface area contributed by atoms with Gasteiger partial charge >= 0.3 is 0 Å². The Morgan fingerprint density at radius 1 is 0.280 bits per heavy atom. The summed E-state index contributed by atoms with van der Waals surface area (Å²) in [6.45, 7) is 0. The molecule has 0 N–H and O–H groups in total. The third-order valence-corrected chi connectivity index (χ3v) is 10.4. The van der Waals surface area contributed by atoms with Crippen LogP contribution in [0.1, 0.15) is 9.60 Å². The van der Waals surface area contributed by atoms with Crippen LogP contribution in [0.25, 0.3) is 109 Å². The molecule has 230 valence electrons. The van der Waals surface area contributed by atoms with Gasteiger partial charge in [0.15, 0.2) is 0 Å². The van der Waals surface area contributed by atoms with Gasteiger partial charge in [-0.05, 0) is 115 Å². The van der Waals surface area contributed by atoms with E-state index in [2.05, 4.69) is 54.6 Å². The molecule has 0 nitrogen and oxygen atoms in total. The minimum atomic E-state index is -0.441. The van der Waals surface area contributed by atoms with Gasteiger partial charge in [0, 0.05) is 0 Å². The van der Waals surface area contributed by atoms with Gasteiger partial charge in [0.05, 0.1) is 9.60 Å². The minimum Gasteiger partial charge on any atom is -0.0622 e. The molecule has 11 rings (SSSR count). The highest BCUT2D eigenvalue weighted by molar-refractivity contribution is 6.27. The van der Waals surface area contributed by atoms with Crippen molar-refractivity contribution in [2.75, 3.05) is 0 Å².